The van der Waals surface area contributed by atoms with E-state index in [0.29, 0.717) is 12.0 Å². The molecule has 0 N–H and O–H groups in total. The summed E-state index contributed by atoms with van der Waals surface area (Å²) in [6, 6.07) is 4.16. The van der Waals surface area contributed by atoms with Gasteiger partial charge < -0.3 is 0 Å². The predicted octanol–water partition coefficient (Wildman–Crippen LogP) is 3.52. The Balaban J connectivity index is 2.83. The second kappa shape index (κ2) is 4.56. The van der Waals surface area contributed by atoms with Crippen LogP contribution in [0.25, 0.3) is 0 Å². The highest BCUT2D eigenvalue weighted by Crippen LogP contribution is 2.16. The average molecular weight is 205 g/mol. The van der Waals surface area contributed by atoms with Crippen LogP contribution >= 0.6 is 11.6 Å². The number of hydrogen-bond donors (Lipinski definition) is 0. The van der Waals surface area contributed by atoms with Gasteiger partial charge in [0.15, 0.2) is 11.6 Å². The Labute approximate surface area is 81.5 Å². The highest BCUT2D eigenvalue weighted by molar-refractivity contribution is 6.20. The van der Waals surface area contributed by atoms with Gasteiger partial charge in [-0.3, -0.25) is 0 Å². The zero-order valence-electron chi connectivity index (χ0n) is 7.36. The highest BCUT2D eigenvalue weighted by atomic mass is 35.5. The van der Waals surface area contributed by atoms with Crippen LogP contribution in [0.15, 0.2) is 18.2 Å². The fourth-order valence-electron chi connectivity index (χ4n) is 1.09. The maximum absolute atomic E-state index is 13.1. The minimum Gasteiger partial charge on any atom is -0.204 e. The van der Waals surface area contributed by atoms with E-state index in [1.165, 1.54) is 6.07 Å². The van der Waals surface area contributed by atoms with E-state index in [0.717, 1.165) is 12.5 Å². The molecule has 0 spiro atoms. The van der Waals surface area contributed by atoms with Gasteiger partial charge in [-0.1, -0.05) is 19.1 Å². The molecule has 0 nitrogen and oxygen atoms in total. The molecule has 0 amide bonds. The zero-order chi connectivity index (χ0) is 9.84. The fourth-order valence-corrected chi connectivity index (χ4v) is 1.26. The summed E-state index contributed by atoms with van der Waals surface area (Å²) in [5.41, 5.74) is 0.349. The Morgan fingerprint density at radius 2 is 2.08 bits per heavy atom. The lowest BCUT2D eigenvalue weighted by molar-refractivity contribution is 0.497. The molecule has 0 radical (unpaired) electrons. The van der Waals surface area contributed by atoms with Crippen LogP contribution in [-0.4, -0.2) is 5.38 Å². The Kier molecular flexibility index (Phi) is 3.67. The maximum Gasteiger partial charge on any atom is 0.162 e. The van der Waals surface area contributed by atoms with Gasteiger partial charge in [0.2, 0.25) is 0 Å². The summed E-state index contributed by atoms with van der Waals surface area (Å²) >= 11 is 5.83. The van der Waals surface area contributed by atoms with Gasteiger partial charge in [-0.25, -0.2) is 8.78 Å². The lowest BCUT2D eigenvalue weighted by Crippen LogP contribution is -2.04. The van der Waals surface area contributed by atoms with Gasteiger partial charge >= 0.3 is 0 Å². The molecule has 72 valence electrons. The van der Waals surface area contributed by atoms with Gasteiger partial charge in [0.1, 0.15) is 0 Å². The topological polar surface area (TPSA) is 0 Å². The third-order valence-corrected chi connectivity index (χ3v) is 2.38. The molecule has 0 heterocycles. The van der Waals surface area contributed by atoms with Gasteiger partial charge in [-0.2, -0.15) is 0 Å². The van der Waals surface area contributed by atoms with Crippen LogP contribution in [0, 0.1) is 11.6 Å². The summed E-state index contributed by atoms with van der Waals surface area (Å²) < 4.78 is 25.8. The number of hydrogen-bond acceptors (Lipinski definition) is 0. The van der Waals surface area contributed by atoms with Crippen molar-refractivity contribution in [3.05, 3.63) is 35.4 Å². The first-order chi connectivity index (χ1) is 6.15. The van der Waals surface area contributed by atoms with Gasteiger partial charge in [-0.05, 0) is 24.5 Å². The molecule has 1 atom stereocenters. The molecule has 0 aliphatic rings. The fraction of sp³-hybridized carbons (Fsp3) is 0.400. The van der Waals surface area contributed by atoms with Gasteiger partial charge in [0.25, 0.3) is 0 Å². The summed E-state index contributed by atoms with van der Waals surface area (Å²) in [5.74, 6) is -1.58. The van der Waals surface area contributed by atoms with Crippen molar-refractivity contribution in [2.45, 2.75) is 25.1 Å². The molecule has 0 saturated carbocycles. The van der Waals surface area contributed by atoms with E-state index in [-0.39, 0.29) is 5.38 Å². The largest absolute Gasteiger partial charge is 0.204 e. The minimum absolute atomic E-state index is 0.128. The van der Waals surface area contributed by atoms with E-state index in [9.17, 15) is 8.78 Å². The van der Waals surface area contributed by atoms with Crippen molar-refractivity contribution in [3.63, 3.8) is 0 Å². The molecule has 1 aromatic carbocycles. The molecule has 0 aliphatic heterocycles. The van der Waals surface area contributed by atoms with Crippen LogP contribution < -0.4 is 0 Å². The Bertz CT molecular complexity index is 286. The normalized spacial score (nSPS) is 12.9. The van der Waals surface area contributed by atoms with Crippen molar-refractivity contribution in [2.24, 2.45) is 0 Å². The van der Waals surface area contributed by atoms with E-state index < -0.39 is 11.6 Å². The van der Waals surface area contributed by atoms with Crippen LogP contribution in [0.4, 0.5) is 8.78 Å². The summed E-state index contributed by atoms with van der Waals surface area (Å²) in [4.78, 5) is 0. The van der Waals surface area contributed by atoms with E-state index in [2.05, 4.69) is 0 Å². The average Bonchev–Trinajstić information content (AvgIpc) is 2.13. The van der Waals surface area contributed by atoms with Crippen molar-refractivity contribution < 1.29 is 8.78 Å². The minimum atomic E-state index is -0.808. The summed E-state index contributed by atoms with van der Waals surface area (Å²) in [6.07, 6.45) is 1.12. The smallest absolute Gasteiger partial charge is 0.162 e. The molecule has 13 heavy (non-hydrogen) atoms. The van der Waals surface area contributed by atoms with Crippen LogP contribution in [0.2, 0.25) is 0 Å². The number of halogens is 3. The van der Waals surface area contributed by atoms with E-state index in [1.807, 2.05) is 6.92 Å². The second-order valence-corrected chi connectivity index (χ2v) is 3.54. The molecule has 0 aromatic heterocycles. The first-order valence-corrected chi connectivity index (χ1v) is 4.65. The first-order valence-electron chi connectivity index (χ1n) is 4.22. The quantitative estimate of drug-likeness (QED) is 0.661. The number of rotatable bonds is 3. The summed E-state index contributed by atoms with van der Waals surface area (Å²) in [6.45, 7) is 1.91. The van der Waals surface area contributed by atoms with Crippen molar-refractivity contribution >= 4 is 11.6 Å². The van der Waals surface area contributed by atoms with Crippen LogP contribution in [-0.2, 0) is 6.42 Å². The lowest BCUT2D eigenvalue weighted by atomic mass is 10.1. The molecule has 0 saturated heterocycles. The van der Waals surface area contributed by atoms with Gasteiger partial charge in [0.05, 0.1) is 0 Å². The predicted molar refractivity (Wildman–Crippen MR) is 50.0 cm³/mol. The Hall–Kier alpha value is -0.630. The molecular weight excluding hydrogens is 194 g/mol. The van der Waals surface area contributed by atoms with Crippen LogP contribution in [0.1, 0.15) is 18.9 Å². The van der Waals surface area contributed by atoms with E-state index >= 15 is 0 Å². The summed E-state index contributed by atoms with van der Waals surface area (Å²) in [5, 5.41) is -0.128. The maximum atomic E-state index is 13.1. The SMILES string of the molecule is CCC(Cl)Cc1cccc(F)c1F. The van der Waals surface area contributed by atoms with Crippen molar-refractivity contribution in [2.75, 3.05) is 0 Å². The molecule has 0 aliphatic carbocycles. The standard InChI is InChI=1S/C10H11ClF2/c1-2-8(11)6-7-4-3-5-9(12)10(7)13/h3-5,8H,2,6H2,1H3. The molecular formula is C10H11ClF2. The number of alkyl halides is 1. The number of benzene rings is 1. The zero-order valence-corrected chi connectivity index (χ0v) is 8.11. The van der Waals surface area contributed by atoms with Crippen LogP contribution in [0.3, 0.4) is 0 Å². The molecule has 1 unspecified atom stereocenters. The van der Waals surface area contributed by atoms with E-state index in [4.69, 9.17) is 11.6 Å². The molecule has 1 aromatic rings. The monoisotopic (exact) mass is 204 g/mol. The summed E-state index contributed by atoms with van der Waals surface area (Å²) in [7, 11) is 0. The third kappa shape index (κ3) is 2.66. The van der Waals surface area contributed by atoms with Gasteiger partial charge in [0, 0.05) is 5.38 Å². The lowest BCUT2D eigenvalue weighted by Gasteiger charge is -2.07. The molecule has 3 heteroatoms. The molecule has 0 bridgehead atoms. The molecule has 0 fully saturated rings. The van der Waals surface area contributed by atoms with Crippen molar-refractivity contribution in [1.29, 1.82) is 0 Å². The Morgan fingerprint density at radius 3 is 2.69 bits per heavy atom. The van der Waals surface area contributed by atoms with E-state index in [1.54, 1.807) is 6.07 Å². The van der Waals surface area contributed by atoms with Crippen molar-refractivity contribution in [3.8, 4) is 0 Å². The van der Waals surface area contributed by atoms with Gasteiger partial charge in [-0.15, -0.1) is 11.6 Å². The highest BCUT2D eigenvalue weighted by Gasteiger charge is 2.10. The Morgan fingerprint density at radius 1 is 1.38 bits per heavy atom. The van der Waals surface area contributed by atoms with Crippen LogP contribution in [0.5, 0.6) is 0 Å². The molecule has 1 rings (SSSR count). The van der Waals surface area contributed by atoms with Crippen molar-refractivity contribution in [1.82, 2.24) is 0 Å². The second-order valence-electron chi connectivity index (χ2n) is 2.92. The first kappa shape index (κ1) is 10.5. The third-order valence-electron chi connectivity index (χ3n) is 1.92.